The Morgan fingerprint density at radius 3 is 3.00 bits per heavy atom. The Bertz CT molecular complexity index is 473. The molecule has 1 amide bonds. The second-order valence-corrected chi connectivity index (χ2v) is 6.05. The average Bonchev–Trinajstić information content (AvgIpc) is 2.53. The molecule has 4 heteroatoms. The third-order valence-electron chi connectivity index (χ3n) is 4.02. The van der Waals surface area contributed by atoms with Gasteiger partial charge in [-0.3, -0.25) is 4.79 Å². The van der Waals surface area contributed by atoms with E-state index in [0.29, 0.717) is 12.5 Å². The molecule has 116 valence electrons. The van der Waals surface area contributed by atoms with E-state index in [2.05, 4.69) is 19.9 Å². The normalized spacial score (nSPS) is 18.9. The highest BCUT2D eigenvalue weighted by Gasteiger charge is 2.23. The molecule has 0 saturated carbocycles. The molecule has 1 saturated heterocycles. The topological polar surface area (TPSA) is 49.8 Å². The Kier molecular flexibility index (Phi) is 5.62. The molecule has 4 nitrogen and oxygen atoms in total. The van der Waals surface area contributed by atoms with Gasteiger partial charge in [0, 0.05) is 19.7 Å². The summed E-state index contributed by atoms with van der Waals surface area (Å²) in [4.78, 5) is 14.0. The molecular weight excluding hydrogens is 266 g/mol. The van der Waals surface area contributed by atoms with Crippen molar-refractivity contribution in [1.82, 2.24) is 4.90 Å². The van der Waals surface area contributed by atoms with Gasteiger partial charge < -0.3 is 14.7 Å². The highest BCUT2D eigenvalue weighted by atomic mass is 16.5. The second kappa shape index (κ2) is 7.46. The maximum Gasteiger partial charge on any atom is 0.260 e. The van der Waals surface area contributed by atoms with Gasteiger partial charge in [-0.05, 0) is 42.4 Å². The molecule has 1 N–H and O–H groups in total. The number of ether oxygens (including phenoxy) is 1. The van der Waals surface area contributed by atoms with Crippen molar-refractivity contribution in [2.24, 2.45) is 5.92 Å². The zero-order valence-corrected chi connectivity index (χ0v) is 12.9. The second-order valence-electron chi connectivity index (χ2n) is 6.05. The van der Waals surface area contributed by atoms with E-state index in [1.807, 2.05) is 18.2 Å². The van der Waals surface area contributed by atoms with Crippen LogP contribution in [0.2, 0.25) is 0 Å². The number of piperidine rings is 1. The van der Waals surface area contributed by atoms with Gasteiger partial charge in [-0.25, -0.2) is 0 Å². The number of carbonyl (C=O) groups excluding carboxylic acids is 1. The van der Waals surface area contributed by atoms with Crippen LogP contribution in [0.25, 0.3) is 0 Å². The maximum atomic E-state index is 12.2. The number of carbonyl (C=O) groups is 1. The predicted molar refractivity (Wildman–Crippen MR) is 82.4 cm³/mol. The summed E-state index contributed by atoms with van der Waals surface area (Å²) in [7, 11) is 0. The molecule has 0 bridgehead atoms. The number of hydrogen-bond acceptors (Lipinski definition) is 3. The van der Waals surface area contributed by atoms with Crippen LogP contribution < -0.4 is 4.74 Å². The summed E-state index contributed by atoms with van der Waals surface area (Å²) in [5.74, 6) is 1.40. The summed E-state index contributed by atoms with van der Waals surface area (Å²) < 4.78 is 5.63. The van der Waals surface area contributed by atoms with Crippen molar-refractivity contribution < 1.29 is 14.6 Å². The minimum absolute atomic E-state index is 0.00287. The molecule has 1 aromatic carbocycles. The molecular formula is C17H25NO3. The first kappa shape index (κ1) is 15.8. The molecule has 0 aliphatic carbocycles. The number of nitrogens with zero attached hydrogens (tertiary/aromatic N) is 1. The van der Waals surface area contributed by atoms with Gasteiger partial charge in [-0.1, -0.05) is 26.0 Å². The fourth-order valence-electron chi connectivity index (χ4n) is 2.64. The number of amides is 1. The summed E-state index contributed by atoms with van der Waals surface area (Å²) in [6.07, 6.45) is 1.96. The molecule has 0 spiro atoms. The Morgan fingerprint density at radius 2 is 2.29 bits per heavy atom. The molecule has 1 aliphatic rings. The number of benzene rings is 1. The van der Waals surface area contributed by atoms with Crippen molar-refractivity contribution >= 4 is 5.91 Å². The van der Waals surface area contributed by atoms with Crippen molar-refractivity contribution in [1.29, 1.82) is 0 Å². The number of aliphatic hydroxyl groups is 1. The Labute approximate surface area is 126 Å². The summed E-state index contributed by atoms with van der Waals surface area (Å²) in [5, 5.41) is 9.21. The van der Waals surface area contributed by atoms with Crippen LogP contribution >= 0.6 is 0 Å². The third-order valence-corrected chi connectivity index (χ3v) is 4.02. The number of likely N-dealkylation sites (tertiary alicyclic amines) is 1. The lowest BCUT2D eigenvalue weighted by molar-refractivity contribution is -0.135. The molecule has 21 heavy (non-hydrogen) atoms. The quantitative estimate of drug-likeness (QED) is 0.906. The van der Waals surface area contributed by atoms with Gasteiger partial charge in [-0.2, -0.15) is 0 Å². The van der Waals surface area contributed by atoms with E-state index in [9.17, 15) is 9.90 Å². The van der Waals surface area contributed by atoms with Crippen LogP contribution in [-0.4, -0.2) is 42.2 Å². The van der Waals surface area contributed by atoms with E-state index in [4.69, 9.17) is 4.74 Å². The summed E-state index contributed by atoms with van der Waals surface area (Å²) in [5.41, 5.74) is 1.21. The van der Waals surface area contributed by atoms with E-state index in [1.165, 1.54) is 5.56 Å². The monoisotopic (exact) mass is 291 g/mol. The van der Waals surface area contributed by atoms with E-state index in [-0.39, 0.29) is 25.0 Å². The molecule has 0 radical (unpaired) electrons. The van der Waals surface area contributed by atoms with Gasteiger partial charge in [0.2, 0.25) is 0 Å². The molecule has 1 heterocycles. The third kappa shape index (κ3) is 4.46. The summed E-state index contributed by atoms with van der Waals surface area (Å²) in [6.45, 7) is 5.90. The predicted octanol–water partition coefficient (Wildman–Crippen LogP) is 2.42. The van der Waals surface area contributed by atoms with Crippen LogP contribution in [0.15, 0.2) is 24.3 Å². The molecule has 2 rings (SSSR count). The van der Waals surface area contributed by atoms with Crippen LogP contribution in [0.3, 0.4) is 0 Å². The highest BCUT2D eigenvalue weighted by Crippen LogP contribution is 2.20. The van der Waals surface area contributed by atoms with Crippen LogP contribution in [0, 0.1) is 5.92 Å². The zero-order chi connectivity index (χ0) is 15.2. The average molecular weight is 291 g/mol. The van der Waals surface area contributed by atoms with Crippen molar-refractivity contribution in [3.63, 3.8) is 0 Å². The smallest absolute Gasteiger partial charge is 0.260 e. The number of hydrogen-bond donors (Lipinski definition) is 1. The van der Waals surface area contributed by atoms with Gasteiger partial charge in [0.15, 0.2) is 6.61 Å². The fraction of sp³-hybridized carbons (Fsp3) is 0.588. The van der Waals surface area contributed by atoms with Crippen LogP contribution in [0.1, 0.15) is 38.2 Å². The maximum absolute atomic E-state index is 12.2. The van der Waals surface area contributed by atoms with Gasteiger partial charge in [-0.15, -0.1) is 0 Å². The minimum Gasteiger partial charge on any atom is -0.484 e. The van der Waals surface area contributed by atoms with Crippen molar-refractivity contribution in [3.8, 4) is 5.75 Å². The largest absolute Gasteiger partial charge is 0.484 e. The lowest BCUT2D eigenvalue weighted by atomic mass is 9.99. The SMILES string of the molecule is CC(C)c1cccc(OCC(=O)N2CCCC(CO)C2)c1. The molecule has 1 atom stereocenters. The lowest BCUT2D eigenvalue weighted by Gasteiger charge is -2.31. The molecule has 1 unspecified atom stereocenters. The Morgan fingerprint density at radius 1 is 1.48 bits per heavy atom. The standard InChI is InChI=1S/C17H25NO3/c1-13(2)15-6-3-7-16(9-15)21-12-17(20)18-8-4-5-14(10-18)11-19/h3,6-7,9,13-14,19H,4-5,8,10-12H2,1-2H3. The van der Waals surface area contributed by atoms with E-state index >= 15 is 0 Å². The van der Waals surface area contributed by atoms with Crippen molar-refractivity contribution in [3.05, 3.63) is 29.8 Å². The lowest BCUT2D eigenvalue weighted by Crippen LogP contribution is -2.43. The summed E-state index contributed by atoms with van der Waals surface area (Å²) in [6, 6.07) is 7.89. The van der Waals surface area contributed by atoms with Crippen LogP contribution in [0.4, 0.5) is 0 Å². The molecule has 0 aromatic heterocycles. The van der Waals surface area contributed by atoms with Crippen molar-refractivity contribution in [2.45, 2.75) is 32.6 Å². The van der Waals surface area contributed by atoms with E-state index in [0.717, 1.165) is 25.1 Å². The first-order chi connectivity index (χ1) is 10.1. The van der Waals surface area contributed by atoms with Crippen molar-refractivity contribution in [2.75, 3.05) is 26.3 Å². The van der Waals surface area contributed by atoms with Gasteiger partial charge in [0.25, 0.3) is 5.91 Å². The van der Waals surface area contributed by atoms with E-state index < -0.39 is 0 Å². The number of aliphatic hydroxyl groups excluding tert-OH is 1. The van der Waals surface area contributed by atoms with E-state index in [1.54, 1.807) is 4.90 Å². The molecule has 1 fully saturated rings. The summed E-state index contributed by atoms with van der Waals surface area (Å²) >= 11 is 0. The Hall–Kier alpha value is -1.55. The Balaban J connectivity index is 1.87. The first-order valence-electron chi connectivity index (χ1n) is 7.71. The highest BCUT2D eigenvalue weighted by molar-refractivity contribution is 5.77. The van der Waals surface area contributed by atoms with Gasteiger partial charge >= 0.3 is 0 Å². The zero-order valence-electron chi connectivity index (χ0n) is 12.9. The van der Waals surface area contributed by atoms with Crippen LogP contribution in [0.5, 0.6) is 5.75 Å². The first-order valence-corrected chi connectivity index (χ1v) is 7.71. The minimum atomic E-state index is 0.00287. The fourth-order valence-corrected chi connectivity index (χ4v) is 2.64. The molecule has 1 aromatic rings. The molecule has 1 aliphatic heterocycles. The number of rotatable bonds is 5. The van der Waals surface area contributed by atoms with Gasteiger partial charge in [0.1, 0.15) is 5.75 Å². The van der Waals surface area contributed by atoms with Crippen LogP contribution in [-0.2, 0) is 4.79 Å². The van der Waals surface area contributed by atoms with Gasteiger partial charge in [0.05, 0.1) is 0 Å².